The predicted molar refractivity (Wildman–Crippen MR) is 156 cm³/mol. The van der Waals surface area contributed by atoms with Crippen LogP contribution in [0.3, 0.4) is 0 Å². The highest BCUT2D eigenvalue weighted by Gasteiger charge is 2.35. The van der Waals surface area contributed by atoms with Crippen LogP contribution in [-0.4, -0.2) is 36.5 Å². The third-order valence-electron chi connectivity index (χ3n) is 6.37. The number of methoxy groups -OCH3 is 2. The number of aromatic nitrogens is 1. The van der Waals surface area contributed by atoms with E-state index >= 15 is 0 Å². The molecular formula is C30H25BrN2O6S. The first-order chi connectivity index (χ1) is 19.4. The first-order valence-corrected chi connectivity index (χ1v) is 14.0. The van der Waals surface area contributed by atoms with Crippen LogP contribution in [0.5, 0.6) is 17.2 Å². The minimum Gasteiger partial charge on any atom is -0.503 e. The van der Waals surface area contributed by atoms with Gasteiger partial charge in [-0.05, 0) is 64.3 Å². The fourth-order valence-electron chi connectivity index (χ4n) is 4.53. The average molecular weight is 622 g/mol. The van der Waals surface area contributed by atoms with Gasteiger partial charge in [0.25, 0.3) is 5.56 Å². The standard InChI is InChI=1S/C30H25BrN2O6S/c1-4-39-29(36)24-25(18-8-6-5-7-9-18)32-30-33(26(24)19-10-12-20(37-2)13-11-19)28(35)23(40-30)16-17-14-21(31)27(34)22(15-17)38-3/h5-16,26,34H,4H2,1-3H3/b23-16-/t26-/m1/s1. The number of nitrogens with zero attached hydrogens (tertiary/aromatic N) is 2. The Kier molecular flexibility index (Phi) is 7.90. The second-order valence-corrected chi connectivity index (χ2v) is 10.6. The van der Waals surface area contributed by atoms with Crippen LogP contribution < -0.4 is 24.4 Å². The van der Waals surface area contributed by atoms with Gasteiger partial charge in [-0.2, -0.15) is 0 Å². The molecule has 1 aliphatic heterocycles. The molecule has 1 atom stereocenters. The SMILES string of the molecule is CCOC(=O)C1=C(c2ccccc2)N=c2s/c(=C\c3cc(Br)c(O)c(OC)c3)c(=O)n2[C@@H]1c1ccc(OC)cc1. The van der Waals surface area contributed by atoms with E-state index in [9.17, 15) is 14.7 Å². The number of hydrogen-bond acceptors (Lipinski definition) is 8. The molecule has 0 radical (unpaired) electrons. The smallest absolute Gasteiger partial charge is 0.338 e. The van der Waals surface area contributed by atoms with E-state index in [1.165, 1.54) is 23.0 Å². The van der Waals surface area contributed by atoms with E-state index in [0.717, 1.165) is 5.56 Å². The first kappa shape index (κ1) is 27.4. The van der Waals surface area contributed by atoms with E-state index in [0.29, 0.717) is 36.4 Å². The Labute approximate surface area is 242 Å². The molecule has 2 heterocycles. The summed E-state index contributed by atoms with van der Waals surface area (Å²) in [6.07, 6.45) is 1.71. The zero-order valence-electron chi connectivity index (χ0n) is 21.9. The molecule has 4 aromatic rings. The molecule has 204 valence electrons. The maximum atomic E-state index is 14.0. The molecule has 8 nitrogen and oxygen atoms in total. The quantitative estimate of drug-likeness (QED) is 0.307. The van der Waals surface area contributed by atoms with E-state index in [4.69, 9.17) is 19.2 Å². The summed E-state index contributed by atoms with van der Waals surface area (Å²) in [6, 6.07) is 19.1. The van der Waals surface area contributed by atoms with Gasteiger partial charge >= 0.3 is 5.97 Å². The van der Waals surface area contributed by atoms with Crippen molar-refractivity contribution in [3.05, 3.63) is 113 Å². The molecule has 0 saturated carbocycles. The van der Waals surface area contributed by atoms with Crippen LogP contribution in [0.4, 0.5) is 0 Å². The Hall–Kier alpha value is -4.15. The van der Waals surface area contributed by atoms with Gasteiger partial charge in [0.15, 0.2) is 16.3 Å². The summed E-state index contributed by atoms with van der Waals surface area (Å²) in [5.41, 5.74) is 2.47. The number of rotatable bonds is 7. The summed E-state index contributed by atoms with van der Waals surface area (Å²) in [5, 5.41) is 10.2. The number of fused-ring (bicyclic) bond motifs is 1. The van der Waals surface area contributed by atoms with Crippen LogP contribution in [0.1, 0.15) is 29.7 Å². The average Bonchev–Trinajstić information content (AvgIpc) is 3.28. The van der Waals surface area contributed by atoms with Gasteiger partial charge in [0.2, 0.25) is 0 Å². The molecule has 10 heteroatoms. The van der Waals surface area contributed by atoms with Crippen molar-refractivity contribution in [1.29, 1.82) is 0 Å². The summed E-state index contributed by atoms with van der Waals surface area (Å²) in [6.45, 7) is 1.91. The molecule has 0 saturated heterocycles. The predicted octanol–water partition coefficient (Wildman–Crippen LogP) is 4.42. The van der Waals surface area contributed by atoms with Crippen molar-refractivity contribution in [2.45, 2.75) is 13.0 Å². The van der Waals surface area contributed by atoms with Crippen molar-refractivity contribution in [2.24, 2.45) is 4.99 Å². The van der Waals surface area contributed by atoms with Gasteiger partial charge in [-0.1, -0.05) is 53.8 Å². The van der Waals surface area contributed by atoms with Crippen molar-refractivity contribution < 1.29 is 24.1 Å². The second kappa shape index (κ2) is 11.5. The molecule has 40 heavy (non-hydrogen) atoms. The number of carbonyl (C=O) groups is 1. The van der Waals surface area contributed by atoms with Crippen molar-refractivity contribution in [3.8, 4) is 17.2 Å². The summed E-state index contributed by atoms with van der Waals surface area (Å²) in [5.74, 6) is 0.327. The molecule has 0 aliphatic carbocycles. The molecule has 0 amide bonds. The molecule has 0 bridgehead atoms. The Balaban J connectivity index is 1.81. The number of thiazole rings is 1. The van der Waals surface area contributed by atoms with Gasteiger partial charge < -0.3 is 19.3 Å². The Morgan fingerprint density at radius 2 is 1.82 bits per heavy atom. The number of benzene rings is 3. The van der Waals surface area contributed by atoms with Gasteiger partial charge in [-0.3, -0.25) is 9.36 Å². The number of hydrogen-bond donors (Lipinski definition) is 1. The number of halogens is 1. The molecule has 5 rings (SSSR count). The first-order valence-electron chi connectivity index (χ1n) is 12.3. The van der Waals surface area contributed by atoms with Crippen LogP contribution in [0.2, 0.25) is 0 Å². The summed E-state index contributed by atoms with van der Waals surface area (Å²) < 4.78 is 18.5. The zero-order chi connectivity index (χ0) is 28.4. The largest absolute Gasteiger partial charge is 0.503 e. The minimum atomic E-state index is -0.792. The third kappa shape index (κ3) is 5.07. The number of esters is 1. The lowest BCUT2D eigenvalue weighted by Gasteiger charge is -2.26. The maximum Gasteiger partial charge on any atom is 0.338 e. The highest BCUT2D eigenvalue weighted by Crippen LogP contribution is 2.37. The van der Waals surface area contributed by atoms with E-state index in [1.54, 1.807) is 44.4 Å². The maximum absolute atomic E-state index is 14.0. The highest BCUT2D eigenvalue weighted by atomic mass is 79.9. The van der Waals surface area contributed by atoms with Gasteiger partial charge in [0, 0.05) is 5.56 Å². The van der Waals surface area contributed by atoms with Crippen molar-refractivity contribution in [3.63, 3.8) is 0 Å². The van der Waals surface area contributed by atoms with E-state index in [-0.39, 0.29) is 29.2 Å². The number of aromatic hydroxyl groups is 1. The third-order valence-corrected chi connectivity index (χ3v) is 7.96. The van der Waals surface area contributed by atoms with Gasteiger partial charge in [-0.25, -0.2) is 9.79 Å². The van der Waals surface area contributed by atoms with Crippen molar-refractivity contribution in [1.82, 2.24) is 4.57 Å². The molecule has 0 spiro atoms. The molecular weight excluding hydrogens is 596 g/mol. The fraction of sp³-hybridized carbons (Fsp3) is 0.167. The van der Waals surface area contributed by atoms with Crippen LogP contribution in [0, 0.1) is 0 Å². The van der Waals surface area contributed by atoms with Gasteiger partial charge in [-0.15, -0.1) is 0 Å². The van der Waals surface area contributed by atoms with Crippen molar-refractivity contribution >= 4 is 45.0 Å². The lowest BCUT2D eigenvalue weighted by atomic mass is 9.93. The van der Waals surface area contributed by atoms with E-state index < -0.39 is 12.0 Å². The molecule has 0 unspecified atom stereocenters. The van der Waals surface area contributed by atoms with Crippen LogP contribution in [0.25, 0.3) is 11.8 Å². The van der Waals surface area contributed by atoms with E-state index in [2.05, 4.69) is 15.9 Å². The number of phenolic OH excluding ortho intramolecular Hbond substituents is 1. The lowest BCUT2D eigenvalue weighted by Crippen LogP contribution is -2.40. The summed E-state index contributed by atoms with van der Waals surface area (Å²) in [7, 11) is 3.03. The van der Waals surface area contributed by atoms with Crippen LogP contribution in [-0.2, 0) is 9.53 Å². The highest BCUT2D eigenvalue weighted by molar-refractivity contribution is 9.10. The van der Waals surface area contributed by atoms with Crippen LogP contribution >= 0.6 is 27.3 Å². The zero-order valence-corrected chi connectivity index (χ0v) is 24.3. The van der Waals surface area contributed by atoms with Crippen LogP contribution in [0.15, 0.2) is 86.6 Å². The molecule has 3 aromatic carbocycles. The normalized spacial score (nSPS) is 14.9. The lowest BCUT2D eigenvalue weighted by molar-refractivity contribution is -0.138. The fourth-order valence-corrected chi connectivity index (χ4v) is 5.99. The monoisotopic (exact) mass is 620 g/mol. The number of ether oxygens (including phenoxy) is 3. The molecule has 1 aliphatic rings. The van der Waals surface area contributed by atoms with E-state index in [1.807, 2.05) is 42.5 Å². The van der Waals surface area contributed by atoms with Crippen molar-refractivity contribution in [2.75, 3.05) is 20.8 Å². The topological polar surface area (TPSA) is 99.4 Å². The van der Waals surface area contributed by atoms with Gasteiger partial charge in [0.1, 0.15) is 5.75 Å². The minimum absolute atomic E-state index is 0.0350. The molecule has 0 fully saturated rings. The van der Waals surface area contributed by atoms with Gasteiger partial charge in [0.05, 0.1) is 47.1 Å². The summed E-state index contributed by atoms with van der Waals surface area (Å²) >= 11 is 4.54. The summed E-state index contributed by atoms with van der Waals surface area (Å²) in [4.78, 5) is 32.8. The molecule has 1 aromatic heterocycles. The Morgan fingerprint density at radius 1 is 1.10 bits per heavy atom. The second-order valence-electron chi connectivity index (χ2n) is 8.76. The number of phenols is 1. The Bertz CT molecular complexity index is 1790. The molecule has 1 N–H and O–H groups in total. The Morgan fingerprint density at radius 3 is 2.48 bits per heavy atom. The number of carbonyl (C=O) groups excluding carboxylic acids is 1.